The van der Waals surface area contributed by atoms with E-state index in [-0.39, 0.29) is 10.9 Å². The smallest absolute Gasteiger partial charge is 0.243 e. The summed E-state index contributed by atoms with van der Waals surface area (Å²) in [4.78, 5) is 0.261. The molecule has 0 amide bonds. The Morgan fingerprint density at radius 2 is 2.08 bits per heavy atom. The summed E-state index contributed by atoms with van der Waals surface area (Å²) in [5, 5.41) is 7.12. The van der Waals surface area contributed by atoms with E-state index in [1.165, 1.54) is 4.31 Å². The van der Waals surface area contributed by atoms with Gasteiger partial charge in [0, 0.05) is 24.7 Å². The van der Waals surface area contributed by atoms with Gasteiger partial charge in [-0.05, 0) is 37.7 Å². The van der Waals surface area contributed by atoms with E-state index < -0.39 is 10.0 Å². The molecule has 0 saturated carbocycles. The summed E-state index contributed by atoms with van der Waals surface area (Å²) in [6, 6.07) is 7.03. The van der Waals surface area contributed by atoms with Crippen LogP contribution in [0.5, 0.6) is 0 Å². The lowest BCUT2D eigenvalue weighted by molar-refractivity contribution is 0.0730. The molecule has 1 aliphatic heterocycles. The summed E-state index contributed by atoms with van der Waals surface area (Å²) < 4.78 is 34.9. The SMILES string of the molecule is CC[C@H](C)n1c(-c2cccc(S(=O)(=O)N3CCOCC3)c2)n[nH]c1=S. The molecule has 1 aromatic carbocycles. The average molecular weight is 383 g/mol. The van der Waals surface area contributed by atoms with Crippen molar-refractivity contribution in [3.63, 3.8) is 0 Å². The highest BCUT2D eigenvalue weighted by molar-refractivity contribution is 7.89. The van der Waals surface area contributed by atoms with Crippen LogP contribution in [-0.4, -0.2) is 53.8 Å². The molecule has 0 aliphatic carbocycles. The van der Waals surface area contributed by atoms with Crippen LogP contribution in [-0.2, 0) is 14.8 Å². The van der Waals surface area contributed by atoms with Crippen molar-refractivity contribution in [3.8, 4) is 11.4 Å². The summed E-state index contributed by atoms with van der Waals surface area (Å²) in [5.41, 5.74) is 0.724. The number of nitrogens with zero attached hydrogens (tertiary/aromatic N) is 3. The molecule has 0 spiro atoms. The Balaban J connectivity index is 2.02. The van der Waals surface area contributed by atoms with Crippen LogP contribution in [0.4, 0.5) is 0 Å². The van der Waals surface area contributed by atoms with Gasteiger partial charge in [-0.1, -0.05) is 19.1 Å². The second-order valence-corrected chi connectivity index (χ2v) is 8.35. The highest BCUT2D eigenvalue weighted by Crippen LogP contribution is 2.26. The number of aromatic nitrogens is 3. The van der Waals surface area contributed by atoms with E-state index in [4.69, 9.17) is 17.0 Å². The number of hydrogen-bond acceptors (Lipinski definition) is 5. The van der Waals surface area contributed by atoms with Gasteiger partial charge in [0.1, 0.15) is 0 Å². The van der Waals surface area contributed by atoms with Crippen molar-refractivity contribution in [3.05, 3.63) is 29.0 Å². The maximum absolute atomic E-state index is 12.9. The van der Waals surface area contributed by atoms with E-state index in [0.717, 1.165) is 12.0 Å². The predicted octanol–water partition coefficient (Wildman–Crippen LogP) is 2.60. The van der Waals surface area contributed by atoms with Crippen LogP contribution < -0.4 is 0 Å². The molecule has 7 nitrogen and oxygen atoms in total. The monoisotopic (exact) mass is 382 g/mol. The van der Waals surface area contributed by atoms with Gasteiger partial charge >= 0.3 is 0 Å². The van der Waals surface area contributed by atoms with Crippen molar-refractivity contribution < 1.29 is 13.2 Å². The first-order valence-corrected chi connectivity index (χ1v) is 10.1. The van der Waals surface area contributed by atoms with Crippen LogP contribution in [0.1, 0.15) is 26.3 Å². The van der Waals surface area contributed by atoms with Gasteiger partial charge in [0.15, 0.2) is 10.6 Å². The molecule has 2 heterocycles. The summed E-state index contributed by atoms with van der Waals surface area (Å²) >= 11 is 5.33. The van der Waals surface area contributed by atoms with Crippen molar-refractivity contribution in [1.82, 2.24) is 19.1 Å². The fourth-order valence-electron chi connectivity index (χ4n) is 2.83. The summed E-state index contributed by atoms with van der Waals surface area (Å²) in [6.45, 7) is 5.72. The number of aromatic amines is 1. The first-order chi connectivity index (χ1) is 11.9. The zero-order valence-electron chi connectivity index (χ0n) is 14.3. The van der Waals surface area contributed by atoms with E-state index in [1.807, 2.05) is 10.6 Å². The molecule has 0 unspecified atom stereocenters. The Hall–Kier alpha value is -1.55. The van der Waals surface area contributed by atoms with Crippen LogP contribution in [0.3, 0.4) is 0 Å². The van der Waals surface area contributed by atoms with Crippen LogP contribution in [0.25, 0.3) is 11.4 Å². The number of benzene rings is 1. The van der Waals surface area contributed by atoms with E-state index in [1.54, 1.807) is 18.2 Å². The van der Waals surface area contributed by atoms with Gasteiger partial charge < -0.3 is 4.74 Å². The zero-order chi connectivity index (χ0) is 18.0. The Morgan fingerprint density at radius 3 is 2.76 bits per heavy atom. The van der Waals surface area contributed by atoms with Crippen LogP contribution in [0, 0.1) is 4.77 Å². The molecule has 0 bridgehead atoms. The first-order valence-electron chi connectivity index (χ1n) is 8.30. The fourth-order valence-corrected chi connectivity index (χ4v) is 4.60. The van der Waals surface area contributed by atoms with Crippen molar-refractivity contribution >= 4 is 22.2 Å². The predicted molar refractivity (Wildman–Crippen MR) is 97.4 cm³/mol. The lowest BCUT2D eigenvalue weighted by Gasteiger charge is -2.26. The zero-order valence-corrected chi connectivity index (χ0v) is 15.9. The lowest BCUT2D eigenvalue weighted by Crippen LogP contribution is -2.40. The van der Waals surface area contributed by atoms with Crippen LogP contribution in [0.15, 0.2) is 29.2 Å². The molecule has 9 heteroatoms. The van der Waals surface area contributed by atoms with Gasteiger partial charge in [-0.15, -0.1) is 0 Å². The number of nitrogens with one attached hydrogen (secondary N) is 1. The van der Waals surface area contributed by atoms with Gasteiger partial charge in [-0.25, -0.2) is 8.42 Å². The first kappa shape index (κ1) is 18.2. The Bertz CT molecular complexity index is 898. The molecule has 1 aromatic heterocycles. The maximum Gasteiger partial charge on any atom is 0.243 e. The minimum atomic E-state index is -3.54. The number of sulfonamides is 1. The van der Waals surface area contributed by atoms with E-state index in [9.17, 15) is 8.42 Å². The molecule has 1 saturated heterocycles. The Kier molecular flexibility index (Phi) is 5.38. The lowest BCUT2D eigenvalue weighted by atomic mass is 10.2. The normalized spacial score (nSPS) is 17.5. The molecule has 1 atom stereocenters. The third kappa shape index (κ3) is 3.55. The Labute approximate surface area is 152 Å². The van der Waals surface area contributed by atoms with Crippen LogP contribution in [0.2, 0.25) is 0 Å². The molecule has 1 aliphatic rings. The highest BCUT2D eigenvalue weighted by atomic mass is 32.2. The highest BCUT2D eigenvalue weighted by Gasteiger charge is 2.27. The quantitative estimate of drug-likeness (QED) is 0.804. The van der Waals surface area contributed by atoms with Gasteiger partial charge in [0.05, 0.1) is 18.1 Å². The van der Waals surface area contributed by atoms with Gasteiger partial charge in [0.25, 0.3) is 0 Å². The van der Waals surface area contributed by atoms with Crippen molar-refractivity contribution in [1.29, 1.82) is 0 Å². The minimum absolute atomic E-state index is 0.167. The van der Waals surface area contributed by atoms with Gasteiger partial charge in [0.2, 0.25) is 10.0 Å². The van der Waals surface area contributed by atoms with Gasteiger partial charge in [-0.2, -0.15) is 9.40 Å². The van der Waals surface area contributed by atoms with Crippen molar-refractivity contribution in [2.24, 2.45) is 0 Å². The maximum atomic E-state index is 12.9. The van der Waals surface area contributed by atoms with E-state index >= 15 is 0 Å². The second-order valence-electron chi connectivity index (χ2n) is 6.02. The largest absolute Gasteiger partial charge is 0.379 e. The molecule has 0 radical (unpaired) electrons. The molecule has 1 N–H and O–H groups in total. The summed E-state index contributed by atoms with van der Waals surface area (Å²) in [5.74, 6) is 0.651. The molecule has 1 fully saturated rings. The van der Waals surface area contributed by atoms with Crippen molar-refractivity contribution in [2.45, 2.75) is 31.2 Å². The second kappa shape index (κ2) is 7.36. The number of rotatable bonds is 5. The molecule has 136 valence electrons. The van der Waals surface area contributed by atoms with Crippen LogP contribution >= 0.6 is 12.2 Å². The molecule has 2 aromatic rings. The topological polar surface area (TPSA) is 80.2 Å². The number of H-pyrrole nitrogens is 1. The van der Waals surface area contributed by atoms with E-state index in [2.05, 4.69) is 24.0 Å². The van der Waals surface area contributed by atoms with Crippen molar-refractivity contribution in [2.75, 3.05) is 26.3 Å². The molecule has 3 rings (SSSR count). The fraction of sp³-hybridized carbons (Fsp3) is 0.500. The number of ether oxygens (including phenoxy) is 1. The minimum Gasteiger partial charge on any atom is -0.379 e. The summed E-state index contributed by atoms with van der Waals surface area (Å²) in [7, 11) is -3.54. The number of hydrogen-bond donors (Lipinski definition) is 1. The Morgan fingerprint density at radius 1 is 1.36 bits per heavy atom. The third-order valence-corrected chi connectivity index (χ3v) is 6.62. The van der Waals surface area contributed by atoms with E-state index in [0.29, 0.717) is 36.9 Å². The summed E-state index contributed by atoms with van der Waals surface area (Å²) in [6.07, 6.45) is 0.895. The molecule has 25 heavy (non-hydrogen) atoms. The third-order valence-electron chi connectivity index (χ3n) is 4.44. The molecular weight excluding hydrogens is 360 g/mol. The molecular formula is C16H22N4O3S2. The average Bonchev–Trinajstić information content (AvgIpc) is 3.03. The van der Waals surface area contributed by atoms with Gasteiger partial charge in [-0.3, -0.25) is 9.67 Å². The standard InChI is InChI=1S/C16H22N4O3S2/c1-3-12(2)20-15(17-18-16(20)24)13-5-4-6-14(11-13)25(21,22)19-7-9-23-10-8-19/h4-6,11-12H,3,7-10H2,1-2H3,(H,18,24)/t12-/m0/s1. The number of morpholine rings is 1.